The zero-order valence-corrected chi connectivity index (χ0v) is 12.0. The molecule has 0 amide bonds. The first kappa shape index (κ1) is 15.3. The number of halogens is 4. The lowest BCUT2D eigenvalue weighted by Gasteiger charge is -2.10. The number of nitrogens with one attached hydrogen (secondary N) is 2. The van der Waals surface area contributed by atoms with Gasteiger partial charge < -0.3 is 10.3 Å². The minimum atomic E-state index is -4.52. The summed E-state index contributed by atoms with van der Waals surface area (Å²) in [7, 11) is 0. The molecule has 1 aromatic carbocycles. The summed E-state index contributed by atoms with van der Waals surface area (Å²) in [4.78, 5) is 10.2. The maximum absolute atomic E-state index is 13.4. The van der Waals surface area contributed by atoms with Crippen molar-refractivity contribution in [3.63, 3.8) is 0 Å². The molecule has 2 heterocycles. The first-order valence-corrected chi connectivity index (χ1v) is 6.74. The fourth-order valence-electron chi connectivity index (χ4n) is 2.42. The van der Waals surface area contributed by atoms with Crippen LogP contribution in [0.4, 0.5) is 23.4 Å². The van der Waals surface area contributed by atoms with Crippen molar-refractivity contribution >= 4 is 16.9 Å². The highest BCUT2D eigenvalue weighted by Crippen LogP contribution is 2.36. The number of H-pyrrole nitrogens is 1. The van der Waals surface area contributed by atoms with Crippen LogP contribution in [-0.2, 0) is 12.7 Å². The van der Waals surface area contributed by atoms with Crippen LogP contribution < -0.4 is 5.32 Å². The van der Waals surface area contributed by atoms with Gasteiger partial charge in [0.1, 0.15) is 23.6 Å². The van der Waals surface area contributed by atoms with Gasteiger partial charge in [0.2, 0.25) is 0 Å². The molecule has 0 aliphatic heterocycles. The van der Waals surface area contributed by atoms with Crippen molar-refractivity contribution in [2.75, 3.05) is 5.32 Å². The summed E-state index contributed by atoms with van der Waals surface area (Å²) < 4.78 is 52.5. The van der Waals surface area contributed by atoms with Gasteiger partial charge >= 0.3 is 6.18 Å². The molecule has 0 aliphatic rings. The Labute approximate surface area is 128 Å². The monoisotopic (exact) mass is 324 g/mol. The van der Waals surface area contributed by atoms with Crippen LogP contribution in [0.5, 0.6) is 0 Å². The highest BCUT2D eigenvalue weighted by Gasteiger charge is 2.35. The highest BCUT2D eigenvalue weighted by atomic mass is 19.4. The topological polar surface area (TPSA) is 53.6 Å². The molecule has 0 unspecified atom stereocenters. The van der Waals surface area contributed by atoms with E-state index >= 15 is 0 Å². The van der Waals surface area contributed by atoms with E-state index in [1.807, 2.05) is 0 Å². The molecule has 0 spiro atoms. The van der Waals surface area contributed by atoms with Crippen LogP contribution in [-0.4, -0.2) is 15.0 Å². The van der Waals surface area contributed by atoms with E-state index < -0.39 is 17.6 Å². The molecule has 23 heavy (non-hydrogen) atoms. The van der Waals surface area contributed by atoms with Gasteiger partial charge in [-0.05, 0) is 30.2 Å². The molecule has 8 heteroatoms. The van der Waals surface area contributed by atoms with Crippen molar-refractivity contribution < 1.29 is 17.6 Å². The molecule has 3 rings (SSSR count). The molecule has 0 aliphatic carbocycles. The molecule has 0 saturated carbocycles. The second kappa shape index (κ2) is 5.53. The Balaban J connectivity index is 1.95. The summed E-state index contributed by atoms with van der Waals surface area (Å²) in [6, 6.07) is 4.44. The lowest BCUT2D eigenvalue weighted by molar-refractivity contribution is -0.136. The SMILES string of the molecule is Cc1cc(F)cc(CNc2ncnc3[nH]cc(C(F)(F)F)c23)c1. The Hall–Kier alpha value is -2.64. The number of aromatic amines is 1. The summed E-state index contributed by atoms with van der Waals surface area (Å²) in [6.45, 7) is 1.89. The Bertz CT molecular complexity index is 834. The number of hydrogen-bond acceptors (Lipinski definition) is 3. The quantitative estimate of drug-likeness (QED) is 0.715. The average Bonchev–Trinajstić information content (AvgIpc) is 2.88. The Kier molecular flexibility index (Phi) is 3.67. The number of benzene rings is 1. The predicted octanol–water partition coefficient (Wildman–Crippen LogP) is 4.04. The third-order valence-corrected chi connectivity index (χ3v) is 3.34. The van der Waals surface area contributed by atoms with Gasteiger partial charge in [-0.25, -0.2) is 14.4 Å². The number of aromatic nitrogens is 3. The summed E-state index contributed by atoms with van der Waals surface area (Å²) in [6.07, 6.45) is -2.50. The van der Waals surface area contributed by atoms with Gasteiger partial charge in [-0.1, -0.05) is 6.07 Å². The van der Waals surface area contributed by atoms with E-state index in [0.717, 1.165) is 18.1 Å². The molecular weight excluding hydrogens is 312 g/mol. The van der Waals surface area contributed by atoms with Gasteiger partial charge in [-0.3, -0.25) is 0 Å². The molecule has 120 valence electrons. The number of aryl methyl sites for hydroxylation is 1. The maximum Gasteiger partial charge on any atom is 0.418 e. The van der Waals surface area contributed by atoms with E-state index in [1.165, 1.54) is 12.1 Å². The number of hydrogen-bond donors (Lipinski definition) is 2. The van der Waals surface area contributed by atoms with Crippen molar-refractivity contribution in [1.29, 1.82) is 0 Å². The fraction of sp³-hybridized carbons (Fsp3) is 0.200. The molecular formula is C15H12F4N4. The molecule has 0 atom stereocenters. The van der Waals surface area contributed by atoms with E-state index in [4.69, 9.17) is 0 Å². The van der Waals surface area contributed by atoms with Crippen molar-refractivity contribution in [2.45, 2.75) is 19.6 Å². The summed E-state index contributed by atoms with van der Waals surface area (Å²) in [5.41, 5.74) is 0.585. The van der Waals surface area contributed by atoms with Crippen LogP contribution in [0.25, 0.3) is 11.0 Å². The number of alkyl halides is 3. The third kappa shape index (κ3) is 3.10. The zero-order chi connectivity index (χ0) is 16.6. The first-order chi connectivity index (χ1) is 10.8. The number of fused-ring (bicyclic) bond motifs is 1. The summed E-state index contributed by atoms with van der Waals surface area (Å²) in [5.74, 6) is -0.349. The molecule has 4 nitrogen and oxygen atoms in total. The van der Waals surface area contributed by atoms with E-state index in [-0.39, 0.29) is 23.4 Å². The van der Waals surface area contributed by atoms with Crippen LogP contribution in [0.1, 0.15) is 16.7 Å². The maximum atomic E-state index is 13.4. The summed E-state index contributed by atoms with van der Waals surface area (Å²) >= 11 is 0. The van der Waals surface area contributed by atoms with Gasteiger partial charge in [0.15, 0.2) is 0 Å². The molecule has 0 fully saturated rings. The zero-order valence-electron chi connectivity index (χ0n) is 12.0. The molecule has 0 saturated heterocycles. The van der Waals surface area contributed by atoms with Crippen molar-refractivity contribution in [1.82, 2.24) is 15.0 Å². The van der Waals surface area contributed by atoms with E-state index in [0.29, 0.717) is 5.56 Å². The average molecular weight is 324 g/mol. The molecule has 2 aromatic heterocycles. The van der Waals surface area contributed by atoms with Gasteiger partial charge in [-0.15, -0.1) is 0 Å². The third-order valence-electron chi connectivity index (χ3n) is 3.34. The number of rotatable bonds is 3. The van der Waals surface area contributed by atoms with E-state index in [9.17, 15) is 17.6 Å². The standard InChI is InChI=1S/C15H12F4N4/c1-8-2-9(4-10(16)3-8)5-20-13-12-11(15(17,18)19)6-21-14(12)23-7-22-13/h2-4,6-7H,5H2,1H3,(H2,20,21,22,23). The lowest BCUT2D eigenvalue weighted by atomic mass is 10.1. The van der Waals surface area contributed by atoms with Crippen LogP contribution >= 0.6 is 0 Å². The van der Waals surface area contributed by atoms with E-state index in [2.05, 4.69) is 20.3 Å². The highest BCUT2D eigenvalue weighted by molar-refractivity contribution is 5.90. The van der Waals surface area contributed by atoms with Crippen molar-refractivity contribution in [3.8, 4) is 0 Å². The van der Waals surface area contributed by atoms with Gasteiger partial charge in [-0.2, -0.15) is 13.2 Å². The number of nitrogens with zero attached hydrogens (tertiary/aromatic N) is 2. The fourth-order valence-corrected chi connectivity index (χ4v) is 2.42. The molecule has 0 radical (unpaired) electrons. The van der Waals surface area contributed by atoms with E-state index in [1.54, 1.807) is 13.0 Å². The van der Waals surface area contributed by atoms with Crippen molar-refractivity contribution in [3.05, 3.63) is 53.2 Å². The number of anilines is 1. The van der Waals surface area contributed by atoms with Gasteiger partial charge in [0.25, 0.3) is 0 Å². The van der Waals surface area contributed by atoms with Crippen molar-refractivity contribution in [2.24, 2.45) is 0 Å². The minimum absolute atomic E-state index is 0.0467. The second-order valence-electron chi connectivity index (χ2n) is 5.14. The van der Waals surface area contributed by atoms with Gasteiger partial charge in [0, 0.05) is 12.7 Å². The van der Waals surface area contributed by atoms with Crippen LogP contribution in [0.3, 0.4) is 0 Å². The normalized spacial score (nSPS) is 11.9. The van der Waals surface area contributed by atoms with Crippen LogP contribution in [0, 0.1) is 12.7 Å². The Morgan fingerprint density at radius 3 is 2.65 bits per heavy atom. The van der Waals surface area contributed by atoms with Gasteiger partial charge in [0.05, 0.1) is 10.9 Å². The lowest BCUT2D eigenvalue weighted by Crippen LogP contribution is -2.07. The molecule has 2 N–H and O–H groups in total. The van der Waals surface area contributed by atoms with Crippen LogP contribution in [0.2, 0.25) is 0 Å². The molecule has 3 aromatic rings. The first-order valence-electron chi connectivity index (χ1n) is 6.74. The largest absolute Gasteiger partial charge is 0.418 e. The Morgan fingerprint density at radius 2 is 1.96 bits per heavy atom. The summed E-state index contributed by atoms with van der Waals surface area (Å²) in [5, 5.41) is 2.69. The second-order valence-corrected chi connectivity index (χ2v) is 5.14. The smallest absolute Gasteiger partial charge is 0.365 e. The minimum Gasteiger partial charge on any atom is -0.365 e. The predicted molar refractivity (Wildman–Crippen MR) is 77.4 cm³/mol. The molecule has 0 bridgehead atoms. The Morgan fingerprint density at radius 1 is 1.17 bits per heavy atom. The van der Waals surface area contributed by atoms with Crippen LogP contribution in [0.15, 0.2) is 30.7 Å².